The summed E-state index contributed by atoms with van der Waals surface area (Å²) in [5.74, 6) is 0. The molecule has 0 fully saturated rings. The second-order valence-electron chi connectivity index (χ2n) is 17.9. The Kier molecular flexibility index (Phi) is 7.78. The Morgan fingerprint density at radius 3 is 1.43 bits per heavy atom. The summed E-state index contributed by atoms with van der Waals surface area (Å²) in [6.07, 6.45) is 2.37. The molecule has 2 heteroatoms. The normalized spacial score (nSPS) is 15.9. The average Bonchev–Trinajstić information content (AvgIpc) is 3.74. The summed E-state index contributed by atoms with van der Waals surface area (Å²) in [5.41, 5.74) is 17.2. The molecule has 1 aliphatic carbocycles. The minimum atomic E-state index is -2.61. The molecular weight excluding hydrogens is 715 g/mol. The molecule has 2 aliphatic heterocycles. The van der Waals surface area contributed by atoms with Gasteiger partial charge in [-0.2, -0.15) is 0 Å². The number of benzene rings is 8. The molecule has 3 aliphatic rings. The fraction of sp³-hybridized carbons (Fsp3) is 0.143. The van der Waals surface area contributed by atoms with Crippen LogP contribution in [0.25, 0.3) is 44.5 Å². The van der Waals surface area contributed by atoms with Crippen molar-refractivity contribution in [2.24, 2.45) is 0 Å². The molecule has 0 radical (unpaired) electrons. The van der Waals surface area contributed by atoms with Gasteiger partial charge in [0.05, 0.1) is 5.69 Å². The highest BCUT2D eigenvalue weighted by Crippen LogP contribution is 2.50. The van der Waals surface area contributed by atoms with E-state index in [2.05, 4.69) is 221 Å². The van der Waals surface area contributed by atoms with Crippen LogP contribution in [0.4, 0.5) is 17.1 Å². The molecule has 0 amide bonds. The van der Waals surface area contributed by atoms with E-state index in [0.29, 0.717) is 0 Å². The number of hydrogen-bond donors (Lipinski definition) is 0. The zero-order valence-corrected chi connectivity index (χ0v) is 34.8. The van der Waals surface area contributed by atoms with Gasteiger partial charge in [0.15, 0.2) is 8.07 Å². The topological polar surface area (TPSA) is 3.24 Å². The molecule has 8 aromatic rings. The van der Waals surface area contributed by atoms with E-state index in [1.54, 1.807) is 0 Å². The fourth-order valence-electron chi connectivity index (χ4n) is 10.7. The molecule has 280 valence electrons. The molecule has 8 aromatic carbocycles. The van der Waals surface area contributed by atoms with Crippen molar-refractivity contribution in [3.05, 3.63) is 199 Å². The third-order valence-electron chi connectivity index (χ3n) is 13.8. The van der Waals surface area contributed by atoms with E-state index in [1.807, 2.05) is 0 Å². The minimum absolute atomic E-state index is 0.0851. The van der Waals surface area contributed by atoms with Gasteiger partial charge in [-0.25, -0.2) is 0 Å². The number of fused-ring (bicyclic) bond motifs is 11. The number of nitrogens with zero attached hydrogens (tertiary/aromatic N) is 1. The van der Waals surface area contributed by atoms with Crippen molar-refractivity contribution >= 4 is 45.9 Å². The van der Waals surface area contributed by atoms with Crippen molar-refractivity contribution < 1.29 is 0 Å². The predicted molar refractivity (Wildman–Crippen MR) is 249 cm³/mol. The van der Waals surface area contributed by atoms with E-state index in [1.165, 1.54) is 106 Å². The molecule has 0 bridgehead atoms. The molecule has 0 aromatic heterocycles. The first-order valence-electron chi connectivity index (χ1n) is 20.9. The molecule has 0 saturated heterocycles. The summed E-state index contributed by atoms with van der Waals surface area (Å²) in [4.78, 5) is 2.57. The van der Waals surface area contributed by atoms with Gasteiger partial charge in [-0.3, -0.25) is 0 Å². The Labute approximate surface area is 344 Å². The zero-order valence-electron chi connectivity index (χ0n) is 33.8. The third kappa shape index (κ3) is 5.07. The minimum Gasteiger partial charge on any atom is -0.310 e. The third-order valence-corrected chi connectivity index (χ3v) is 18.7. The lowest BCUT2D eigenvalue weighted by Gasteiger charge is -2.42. The van der Waals surface area contributed by atoms with Crippen LogP contribution in [0, 0.1) is 0 Å². The molecule has 0 saturated carbocycles. The molecule has 58 heavy (non-hydrogen) atoms. The van der Waals surface area contributed by atoms with E-state index < -0.39 is 8.07 Å². The van der Waals surface area contributed by atoms with Crippen molar-refractivity contribution in [1.29, 1.82) is 0 Å². The number of anilines is 3. The fourth-order valence-corrected chi connectivity index (χ4v) is 16.4. The summed E-state index contributed by atoms with van der Waals surface area (Å²) in [6, 6.07) is 71.3. The SMILES string of the molecule is CC1(C)CCC(C)(C)c2cc(N(c3ccc(-c4ccc(-c5ccccc5)cc4)cc3)c3cccc4c3-c3ccccc3[Si]43c4ccccc4-c4ccccc43)ccc21. The Balaban J connectivity index is 1.12. The molecular formula is C56H47NSi. The Bertz CT molecular complexity index is 2840. The van der Waals surface area contributed by atoms with Gasteiger partial charge in [0.25, 0.3) is 0 Å². The van der Waals surface area contributed by atoms with Gasteiger partial charge in [0, 0.05) is 16.9 Å². The monoisotopic (exact) mass is 761 g/mol. The largest absolute Gasteiger partial charge is 0.310 e. The van der Waals surface area contributed by atoms with E-state index in [4.69, 9.17) is 0 Å². The summed E-state index contributed by atoms with van der Waals surface area (Å²) in [6.45, 7) is 9.72. The average molecular weight is 762 g/mol. The van der Waals surface area contributed by atoms with Crippen LogP contribution in [0.3, 0.4) is 0 Å². The van der Waals surface area contributed by atoms with Crippen LogP contribution in [0.1, 0.15) is 51.7 Å². The van der Waals surface area contributed by atoms with Crippen LogP contribution in [-0.4, -0.2) is 8.07 Å². The van der Waals surface area contributed by atoms with E-state index >= 15 is 0 Å². The second kappa shape index (κ2) is 12.9. The molecule has 0 N–H and O–H groups in total. The van der Waals surface area contributed by atoms with Gasteiger partial charge < -0.3 is 4.90 Å². The van der Waals surface area contributed by atoms with E-state index in [9.17, 15) is 0 Å². The van der Waals surface area contributed by atoms with Crippen LogP contribution in [0.2, 0.25) is 0 Å². The summed E-state index contributed by atoms with van der Waals surface area (Å²) < 4.78 is 0. The van der Waals surface area contributed by atoms with Crippen LogP contribution >= 0.6 is 0 Å². The lowest BCUT2D eigenvalue weighted by Crippen LogP contribution is -2.70. The van der Waals surface area contributed by atoms with Crippen molar-refractivity contribution in [1.82, 2.24) is 0 Å². The van der Waals surface area contributed by atoms with Gasteiger partial charge in [-0.15, -0.1) is 0 Å². The van der Waals surface area contributed by atoms with Crippen LogP contribution in [0.15, 0.2) is 188 Å². The van der Waals surface area contributed by atoms with E-state index in [-0.39, 0.29) is 10.8 Å². The van der Waals surface area contributed by atoms with Gasteiger partial charge >= 0.3 is 0 Å². The molecule has 2 heterocycles. The Morgan fingerprint density at radius 2 is 0.828 bits per heavy atom. The second-order valence-corrected chi connectivity index (χ2v) is 21.6. The van der Waals surface area contributed by atoms with Gasteiger partial charge in [-0.05, 0) is 125 Å². The van der Waals surface area contributed by atoms with Crippen molar-refractivity contribution in [2.75, 3.05) is 4.90 Å². The van der Waals surface area contributed by atoms with E-state index in [0.717, 1.165) is 0 Å². The first kappa shape index (κ1) is 35.0. The zero-order chi connectivity index (χ0) is 39.2. The van der Waals surface area contributed by atoms with Gasteiger partial charge in [0.1, 0.15) is 0 Å². The lowest BCUT2D eigenvalue weighted by molar-refractivity contribution is 0.332. The first-order chi connectivity index (χ1) is 28.3. The van der Waals surface area contributed by atoms with Crippen molar-refractivity contribution in [3.8, 4) is 44.5 Å². The summed E-state index contributed by atoms with van der Waals surface area (Å²) in [5, 5.41) is 6.00. The maximum absolute atomic E-state index is 2.61. The molecule has 0 atom stereocenters. The van der Waals surface area contributed by atoms with Crippen molar-refractivity contribution in [3.63, 3.8) is 0 Å². The van der Waals surface area contributed by atoms with Crippen LogP contribution in [0.5, 0.6) is 0 Å². The smallest absolute Gasteiger partial charge is 0.182 e. The predicted octanol–water partition coefficient (Wildman–Crippen LogP) is 12.2. The highest BCUT2D eigenvalue weighted by molar-refractivity contribution is 7.24. The lowest BCUT2D eigenvalue weighted by atomic mass is 9.63. The summed E-state index contributed by atoms with van der Waals surface area (Å²) >= 11 is 0. The Hall–Kier alpha value is -6.22. The standard InChI is InChI=1S/C56H47NSi/c1-55(2)35-36-56(3,4)48-37-43(33-34-47(48)55)57(42-31-29-41(30-32-42)40-27-25-39(26-28-40)38-15-6-5-7-16-38)49-20-14-24-53-54(49)46-19-10-13-23-52(46)58(53)50-21-11-8-17-44(50)45-18-9-12-22-51(45)58/h5-34,37H,35-36H2,1-4H3. The maximum Gasteiger partial charge on any atom is 0.182 e. The first-order valence-corrected chi connectivity index (χ1v) is 22.9. The molecule has 11 rings (SSSR count). The maximum atomic E-state index is 2.57. The highest BCUT2D eigenvalue weighted by Gasteiger charge is 2.54. The van der Waals surface area contributed by atoms with Crippen LogP contribution in [-0.2, 0) is 10.8 Å². The van der Waals surface area contributed by atoms with Crippen LogP contribution < -0.4 is 25.6 Å². The number of hydrogen-bond acceptors (Lipinski definition) is 1. The molecule has 1 nitrogen and oxygen atoms in total. The summed E-state index contributed by atoms with van der Waals surface area (Å²) in [7, 11) is -2.61. The van der Waals surface area contributed by atoms with Crippen molar-refractivity contribution in [2.45, 2.75) is 51.4 Å². The molecule has 1 spiro atoms. The highest BCUT2D eigenvalue weighted by atomic mass is 28.3. The quantitative estimate of drug-likeness (QED) is 0.158. The molecule has 0 unspecified atom stereocenters. The van der Waals surface area contributed by atoms with Gasteiger partial charge in [0.2, 0.25) is 0 Å². The number of rotatable bonds is 5. The Morgan fingerprint density at radius 1 is 0.379 bits per heavy atom. The van der Waals surface area contributed by atoms with Gasteiger partial charge in [-0.1, -0.05) is 185 Å².